The van der Waals surface area contributed by atoms with Crippen molar-refractivity contribution in [3.63, 3.8) is 0 Å². The van der Waals surface area contributed by atoms with Crippen molar-refractivity contribution < 1.29 is 9.53 Å². The number of carbonyl (C=O) groups is 1. The molecular formula is C25H48N2O2. The highest BCUT2D eigenvalue weighted by Crippen LogP contribution is 2.48. The zero-order valence-electron chi connectivity index (χ0n) is 20.2. The fourth-order valence-electron chi connectivity index (χ4n) is 5.87. The van der Waals surface area contributed by atoms with Crippen LogP contribution in [0.2, 0.25) is 0 Å². The summed E-state index contributed by atoms with van der Waals surface area (Å²) in [5, 5.41) is 3.75. The van der Waals surface area contributed by atoms with Crippen LogP contribution in [0.4, 0.5) is 0 Å². The fourth-order valence-corrected chi connectivity index (χ4v) is 5.87. The molecule has 0 atom stereocenters. The Morgan fingerprint density at radius 3 is 2.03 bits per heavy atom. The van der Waals surface area contributed by atoms with Crippen molar-refractivity contribution in [2.45, 2.75) is 141 Å². The lowest BCUT2D eigenvalue weighted by molar-refractivity contribution is -0.249. The normalized spacial score (nSPS) is 28.7. The molecule has 0 aromatic heterocycles. The monoisotopic (exact) mass is 408 g/mol. The molecule has 2 aliphatic rings. The highest BCUT2D eigenvalue weighted by atomic mass is 16.5. The molecule has 1 aliphatic heterocycles. The second kappa shape index (κ2) is 10.6. The van der Waals surface area contributed by atoms with Crippen molar-refractivity contribution in [2.24, 2.45) is 5.92 Å². The van der Waals surface area contributed by atoms with Crippen molar-refractivity contribution in [1.82, 2.24) is 10.2 Å². The van der Waals surface area contributed by atoms with E-state index in [-0.39, 0.29) is 22.9 Å². The number of unbranched alkanes of at least 4 members (excludes halogenated alkanes) is 5. The van der Waals surface area contributed by atoms with E-state index in [1.54, 1.807) is 0 Å². The summed E-state index contributed by atoms with van der Waals surface area (Å²) in [5.41, 5.74) is -0.239. The third kappa shape index (κ3) is 7.24. The second-order valence-corrected chi connectivity index (χ2v) is 11.1. The molecule has 1 amide bonds. The smallest absolute Gasteiger partial charge is 0.211 e. The van der Waals surface area contributed by atoms with Gasteiger partial charge < -0.3 is 15.0 Å². The number of ether oxygens (including phenoxy) is 1. The van der Waals surface area contributed by atoms with Gasteiger partial charge >= 0.3 is 0 Å². The maximum absolute atomic E-state index is 11.9. The van der Waals surface area contributed by atoms with E-state index in [1.165, 1.54) is 44.9 Å². The van der Waals surface area contributed by atoms with Crippen LogP contribution >= 0.6 is 0 Å². The Kier molecular flexibility index (Phi) is 9.03. The lowest BCUT2D eigenvalue weighted by Gasteiger charge is -2.56. The molecule has 0 unspecified atom stereocenters. The SMILES string of the molecule is CCCCCCCCC1CC(OC2CC(C)(C)NC(C)(C)C2)(N(C=O)CCC)C1. The van der Waals surface area contributed by atoms with Crippen LogP contribution < -0.4 is 5.32 Å². The Hall–Kier alpha value is -0.610. The molecule has 1 aliphatic carbocycles. The van der Waals surface area contributed by atoms with Crippen LogP contribution in [-0.2, 0) is 9.53 Å². The average Bonchev–Trinajstić information content (AvgIpc) is 2.57. The number of amides is 1. The van der Waals surface area contributed by atoms with Crippen molar-refractivity contribution in [3.05, 3.63) is 0 Å². The largest absolute Gasteiger partial charge is 0.352 e. The summed E-state index contributed by atoms with van der Waals surface area (Å²) < 4.78 is 6.84. The predicted octanol–water partition coefficient (Wildman–Crippen LogP) is 6.04. The van der Waals surface area contributed by atoms with Crippen molar-refractivity contribution in [1.29, 1.82) is 0 Å². The lowest BCUT2D eigenvalue weighted by Crippen LogP contribution is -2.64. The summed E-state index contributed by atoms with van der Waals surface area (Å²) >= 11 is 0. The van der Waals surface area contributed by atoms with E-state index in [2.05, 4.69) is 46.9 Å². The van der Waals surface area contributed by atoms with Crippen LogP contribution in [-0.4, -0.2) is 40.8 Å². The van der Waals surface area contributed by atoms with E-state index in [1.807, 2.05) is 4.90 Å². The van der Waals surface area contributed by atoms with Crippen LogP contribution in [0.5, 0.6) is 0 Å². The van der Waals surface area contributed by atoms with Crippen LogP contribution in [0.15, 0.2) is 0 Å². The molecule has 29 heavy (non-hydrogen) atoms. The molecule has 0 spiro atoms. The van der Waals surface area contributed by atoms with E-state index in [0.717, 1.165) is 45.1 Å². The third-order valence-electron chi connectivity index (χ3n) is 6.84. The Bertz CT molecular complexity index is 481. The summed E-state index contributed by atoms with van der Waals surface area (Å²) in [7, 11) is 0. The molecule has 2 rings (SSSR count). The Morgan fingerprint density at radius 2 is 1.48 bits per heavy atom. The summed E-state index contributed by atoms with van der Waals surface area (Å²) in [6.07, 6.45) is 15.7. The summed E-state index contributed by atoms with van der Waals surface area (Å²) in [6, 6.07) is 0. The number of hydrogen-bond donors (Lipinski definition) is 1. The van der Waals surface area contributed by atoms with Gasteiger partial charge in [0.1, 0.15) is 5.72 Å². The molecule has 0 bridgehead atoms. The van der Waals surface area contributed by atoms with Gasteiger partial charge in [-0.25, -0.2) is 0 Å². The first-order valence-corrected chi connectivity index (χ1v) is 12.3. The number of carbonyl (C=O) groups excluding carboxylic acids is 1. The highest BCUT2D eigenvalue weighted by molar-refractivity contribution is 5.49. The van der Waals surface area contributed by atoms with Crippen LogP contribution in [0.25, 0.3) is 0 Å². The van der Waals surface area contributed by atoms with Crippen LogP contribution in [0.3, 0.4) is 0 Å². The second-order valence-electron chi connectivity index (χ2n) is 11.1. The molecule has 4 heteroatoms. The van der Waals surface area contributed by atoms with Gasteiger partial charge in [-0.15, -0.1) is 0 Å². The minimum absolute atomic E-state index is 0.0615. The van der Waals surface area contributed by atoms with E-state index in [0.29, 0.717) is 5.92 Å². The fraction of sp³-hybridized carbons (Fsp3) is 0.960. The van der Waals surface area contributed by atoms with E-state index in [9.17, 15) is 4.79 Å². The van der Waals surface area contributed by atoms with E-state index in [4.69, 9.17) is 4.74 Å². The van der Waals surface area contributed by atoms with Gasteiger partial charge in [0.25, 0.3) is 0 Å². The summed E-state index contributed by atoms with van der Waals surface area (Å²) in [6.45, 7) is 14.3. The average molecular weight is 409 g/mol. The Labute approximate surface area is 180 Å². The Morgan fingerprint density at radius 1 is 0.897 bits per heavy atom. The van der Waals surface area contributed by atoms with E-state index >= 15 is 0 Å². The van der Waals surface area contributed by atoms with Crippen LogP contribution in [0, 0.1) is 5.92 Å². The topological polar surface area (TPSA) is 41.6 Å². The maximum atomic E-state index is 11.9. The van der Waals surface area contributed by atoms with Crippen LogP contribution in [0.1, 0.15) is 119 Å². The molecule has 0 radical (unpaired) electrons. The van der Waals surface area contributed by atoms with Gasteiger partial charge in [-0.05, 0) is 65.7 Å². The molecule has 0 aromatic carbocycles. The van der Waals surface area contributed by atoms with Gasteiger partial charge in [-0.3, -0.25) is 4.79 Å². The van der Waals surface area contributed by atoms with Gasteiger partial charge in [0.05, 0.1) is 6.10 Å². The predicted molar refractivity (Wildman–Crippen MR) is 122 cm³/mol. The van der Waals surface area contributed by atoms with Gasteiger partial charge in [-0.2, -0.15) is 0 Å². The first-order chi connectivity index (χ1) is 13.7. The number of rotatable bonds is 13. The van der Waals surface area contributed by atoms with Gasteiger partial charge in [-0.1, -0.05) is 58.8 Å². The van der Waals surface area contributed by atoms with Crippen molar-refractivity contribution in [3.8, 4) is 0 Å². The molecule has 2 fully saturated rings. The first kappa shape index (κ1) is 24.7. The third-order valence-corrected chi connectivity index (χ3v) is 6.84. The highest BCUT2D eigenvalue weighted by Gasteiger charge is 2.52. The summed E-state index contributed by atoms with van der Waals surface area (Å²) in [4.78, 5) is 13.9. The van der Waals surface area contributed by atoms with E-state index < -0.39 is 0 Å². The first-order valence-electron chi connectivity index (χ1n) is 12.3. The zero-order chi connectivity index (χ0) is 21.5. The molecule has 1 saturated carbocycles. The number of piperidine rings is 1. The molecule has 170 valence electrons. The Balaban J connectivity index is 1.94. The number of nitrogens with zero attached hydrogens (tertiary/aromatic N) is 1. The minimum atomic E-state index is -0.362. The van der Waals surface area contributed by atoms with Crippen molar-refractivity contribution in [2.75, 3.05) is 6.54 Å². The molecule has 1 saturated heterocycles. The van der Waals surface area contributed by atoms with Gasteiger partial charge in [0.2, 0.25) is 6.41 Å². The molecule has 0 aromatic rings. The minimum Gasteiger partial charge on any atom is -0.352 e. The standard InChI is InChI=1S/C25H48N2O2/c1-7-9-10-11-12-13-14-21-16-25(17-21,27(20-28)15-8-2)29-22-18-23(3,4)26-24(5,6)19-22/h20-22,26H,7-19H2,1-6H3. The number of nitrogens with one attached hydrogen (secondary N) is 1. The molecule has 1 N–H and O–H groups in total. The lowest BCUT2D eigenvalue weighted by atomic mass is 9.72. The summed E-state index contributed by atoms with van der Waals surface area (Å²) in [5.74, 6) is 0.711. The zero-order valence-corrected chi connectivity index (χ0v) is 20.2. The molecule has 4 nitrogen and oxygen atoms in total. The van der Waals surface area contributed by atoms with Crippen molar-refractivity contribution >= 4 is 6.41 Å². The molecule has 1 heterocycles. The molecular weight excluding hydrogens is 360 g/mol. The number of hydrogen-bond acceptors (Lipinski definition) is 3. The maximum Gasteiger partial charge on any atom is 0.211 e. The quantitative estimate of drug-likeness (QED) is 0.229. The van der Waals surface area contributed by atoms with Gasteiger partial charge in [0, 0.05) is 17.6 Å². The van der Waals surface area contributed by atoms with Gasteiger partial charge in [0.15, 0.2) is 0 Å².